The van der Waals surface area contributed by atoms with Crippen LogP contribution in [0.25, 0.3) is 37.8 Å². The van der Waals surface area contributed by atoms with Crippen molar-refractivity contribution in [1.82, 2.24) is 18.9 Å². The maximum absolute atomic E-state index is 13.6. The van der Waals surface area contributed by atoms with Crippen LogP contribution in [0.15, 0.2) is 83.6 Å². The van der Waals surface area contributed by atoms with Crippen LogP contribution in [0.2, 0.25) is 0 Å². The summed E-state index contributed by atoms with van der Waals surface area (Å²) in [5.74, 6) is -0.247. The predicted octanol–water partition coefficient (Wildman–Crippen LogP) is 6.04. The number of nitrogens with zero attached hydrogens (tertiary/aromatic N) is 4. The third-order valence-corrected chi connectivity index (χ3v) is 8.40. The third kappa shape index (κ3) is 4.47. The van der Waals surface area contributed by atoms with Crippen molar-refractivity contribution in [2.45, 2.75) is 20.4 Å². The Morgan fingerprint density at radius 3 is 2.60 bits per heavy atom. The lowest BCUT2D eigenvalue weighted by Crippen LogP contribution is -2.26. The van der Waals surface area contributed by atoms with E-state index in [2.05, 4.69) is 11.9 Å². The van der Waals surface area contributed by atoms with Crippen molar-refractivity contribution in [2.24, 2.45) is 0 Å². The molecule has 40 heavy (non-hydrogen) atoms. The first-order chi connectivity index (χ1) is 19.3. The number of aromatic nitrogens is 4. The van der Waals surface area contributed by atoms with Gasteiger partial charge in [-0.2, -0.15) is 0 Å². The van der Waals surface area contributed by atoms with Gasteiger partial charge in [0.2, 0.25) is 0 Å². The second-order valence-corrected chi connectivity index (χ2v) is 11.3. The molecule has 6 rings (SSSR count). The lowest BCUT2D eigenvalue weighted by molar-refractivity contribution is 0.102. The molecule has 1 aromatic carbocycles. The Morgan fingerprint density at radius 1 is 1.10 bits per heavy atom. The van der Waals surface area contributed by atoms with Gasteiger partial charge in [-0.05, 0) is 55.1 Å². The molecule has 6 aromatic rings. The van der Waals surface area contributed by atoms with Crippen molar-refractivity contribution < 1.29 is 4.79 Å². The number of hydrogen-bond acceptors (Lipinski definition) is 7. The van der Waals surface area contributed by atoms with Crippen LogP contribution in [-0.2, 0) is 6.54 Å². The zero-order valence-electron chi connectivity index (χ0n) is 21.8. The molecule has 8 nitrogen and oxygen atoms in total. The van der Waals surface area contributed by atoms with Crippen LogP contribution >= 0.6 is 22.7 Å². The largest absolute Gasteiger partial charge is 0.312 e. The summed E-state index contributed by atoms with van der Waals surface area (Å²) in [5.41, 5.74) is 4.46. The first-order valence-corrected chi connectivity index (χ1v) is 14.2. The molecule has 2 N–H and O–H groups in total. The quantitative estimate of drug-likeness (QED) is 0.190. The molecule has 5 aromatic heterocycles. The van der Waals surface area contributed by atoms with Crippen LogP contribution in [0.1, 0.15) is 21.5 Å². The van der Waals surface area contributed by atoms with Gasteiger partial charge in [0.1, 0.15) is 32.5 Å². The molecule has 0 aliphatic carbocycles. The molecule has 0 unspecified atom stereocenters. The zero-order chi connectivity index (χ0) is 28.0. The van der Waals surface area contributed by atoms with Gasteiger partial charge in [-0.1, -0.05) is 47.2 Å². The molecule has 0 bridgehead atoms. The maximum Gasteiger partial charge on any atom is 0.267 e. The number of hydrogen-bond donors (Lipinski definition) is 2. The number of rotatable bonds is 6. The highest BCUT2D eigenvalue weighted by molar-refractivity contribution is 7.20. The number of allylic oxidation sites excluding steroid dienone is 1. The third-order valence-electron chi connectivity index (χ3n) is 6.52. The van der Waals surface area contributed by atoms with Gasteiger partial charge in [0.25, 0.3) is 11.5 Å². The summed E-state index contributed by atoms with van der Waals surface area (Å²) >= 11 is 2.78. The molecule has 5 heterocycles. The van der Waals surface area contributed by atoms with Crippen molar-refractivity contribution in [1.29, 1.82) is 5.41 Å². The molecule has 0 fully saturated rings. The number of fused-ring (bicyclic) bond motifs is 2. The summed E-state index contributed by atoms with van der Waals surface area (Å²) in [7, 11) is 0. The Kier molecular flexibility index (Phi) is 6.49. The SMILES string of the molecule is C=CCn1c(=N)c(-c2nc(-c3cccs3)c(NC(=O)c3ccc(C)cc3)s2)cc2c(=O)n3cc(C)ccc3nc21. The van der Waals surface area contributed by atoms with Crippen LogP contribution in [-0.4, -0.2) is 24.8 Å². The van der Waals surface area contributed by atoms with E-state index in [1.165, 1.54) is 27.1 Å². The highest BCUT2D eigenvalue weighted by Gasteiger charge is 2.21. The van der Waals surface area contributed by atoms with Gasteiger partial charge in [0, 0.05) is 18.3 Å². The van der Waals surface area contributed by atoms with Crippen LogP contribution in [0.5, 0.6) is 0 Å². The summed E-state index contributed by atoms with van der Waals surface area (Å²) in [4.78, 5) is 37.3. The molecule has 0 aliphatic rings. The van der Waals surface area contributed by atoms with Gasteiger partial charge in [0.15, 0.2) is 0 Å². The van der Waals surface area contributed by atoms with Crippen molar-refractivity contribution in [3.8, 4) is 21.1 Å². The fraction of sp³-hybridized carbons (Fsp3) is 0.100. The van der Waals surface area contributed by atoms with Gasteiger partial charge in [-0.3, -0.25) is 19.4 Å². The minimum absolute atomic E-state index is 0.152. The van der Waals surface area contributed by atoms with Gasteiger partial charge in [0.05, 0.1) is 15.8 Å². The summed E-state index contributed by atoms with van der Waals surface area (Å²) in [6, 6.07) is 16.6. The Bertz CT molecular complexity index is 2050. The molecule has 0 aliphatic heterocycles. The first kappa shape index (κ1) is 25.6. The van der Waals surface area contributed by atoms with Crippen LogP contribution < -0.4 is 16.4 Å². The first-order valence-electron chi connectivity index (χ1n) is 12.5. The summed E-state index contributed by atoms with van der Waals surface area (Å²) in [6.07, 6.45) is 3.43. The standard InChI is InChI=1S/C30H24N6O2S2/c1-4-13-35-25(31)20(15-21-26(35)32-23-12-9-18(3)16-36(23)30(21)38)28-33-24(22-6-5-14-39-22)29(40-28)34-27(37)19-10-7-17(2)8-11-19/h4-12,14-16,31H,1,13H2,2-3H3,(H,34,37). The molecule has 10 heteroatoms. The second kappa shape index (κ2) is 10.1. The molecule has 1 amide bonds. The average molecular weight is 565 g/mol. The molecule has 0 spiro atoms. The van der Waals surface area contributed by atoms with Crippen LogP contribution in [0.3, 0.4) is 0 Å². The molecule has 0 saturated heterocycles. The molecular formula is C30H24N6O2S2. The van der Waals surface area contributed by atoms with E-state index in [4.69, 9.17) is 15.4 Å². The molecule has 198 valence electrons. The van der Waals surface area contributed by atoms with E-state index in [1.54, 1.807) is 41.1 Å². The van der Waals surface area contributed by atoms with E-state index in [9.17, 15) is 9.59 Å². The van der Waals surface area contributed by atoms with Gasteiger partial charge >= 0.3 is 0 Å². The minimum atomic E-state index is -0.247. The van der Waals surface area contributed by atoms with E-state index < -0.39 is 0 Å². The van der Waals surface area contributed by atoms with Crippen molar-refractivity contribution in [3.63, 3.8) is 0 Å². The normalized spacial score (nSPS) is 11.2. The number of amides is 1. The van der Waals surface area contributed by atoms with Crippen LogP contribution in [0.4, 0.5) is 5.00 Å². The summed E-state index contributed by atoms with van der Waals surface area (Å²) in [5, 5.41) is 15.5. The molecule has 0 saturated carbocycles. The number of thiazole rings is 1. The Hall–Kier alpha value is -4.67. The smallest absolute Gasteiger partial charge is 0.267 e. The number of carbonyl (C=O) groups is 1. The second-order valence-electron chi connectivity index (χ2n) is 9.39. The number of thiophene rings is 1. The minimum Gasteiger partial charge on any atom is -0.312 e. The predicted molar refractivity (Wildman–Crippen MR) is 161 cm³/mol. The number of nitrogens with one attached hydrogen (secondary N) is 2. The van der Waals surface area contributed by atoms with Crippen molar-refractivity contribution in [2.75, 3.05) is 5.32 Å². The maximum atomic E-state index is 13.6. The fourth-order valence-corrected chi connectivity index (χ4v) is 6.27. The van der Waals surface area contributed by atoms with Gasteiger partial charge in [-0.25, -0.2) is 9.97 Å². The van der Waals surface area contributed by atoms with Crippen LogP contribution in [0, 0.1) is 19.3 Å². The molecule has 0 atom stereocenters. The van der Waals surface area contributed by atoms with E-state index in [0.29, 0.717) is 43.5 Å². The monoisotopic (exact) mass is 564 g/mol. The van der Waals surface area contributed by atoms with E-state index >= 15 is 0 Å². The number of benzene rings is 1. The lowest BCUT2D eigenvalue weighted by Gasteiger charge is -2.12. The number of pyridine rings is 2. The Labute approximate surface area is 237 Å². The lowest BCUT2D eigenvalue weighted by atomic mass is 10.1. The van der Waals surface area contributed by atoms with E-state index in [1.807, 2.05) is 49.6 Å². The summed E-state index contributed by atoms with van der Waals surface area (Å²) in [6.45, 7) is 8.02. The molecular weight excluding hydrogens is 541 g/mol. The van der Waals surface area contributed by atoms with E-state index in [-0.39, 0.29) is 23.5 Å². The fourth-order valence-electron chi connectivity index (χ4n) is 4.49. The highest BCUT2D eigenvalue weighted by atomic mass is 32.1. The van der Waals surface area contributed by atoms with E-state index in [0.717, 1.165) is 16.0 Å². The van der Waals surface area contributed by atoms with Gasteiger partial charge < -0.3 is 9.88 Å². The molecule has 0 radical (unpaired) electrons. The number of aryl methyl sites for hydroxylation is 2. The Balaban J connectivity index is 1.55. The number of anilines is 1. The average Bonchev–Trinajstić information content (AvgIpc) is 3.62. The van der Waals surface area contributed by atoms with Gasteiger partial charge in [-0.15, -0.1) is 17.9 Å². The topological polar surface area (TPSA) is 105 Å². The van der Waals surface area contributed by atoms with Crippen molar-refractivity contribution in [3.05, 3.63) is 111 Å². The summed E-state index contributed by atoms with van der Waals surface area (Å²) < 4.78 is 3.19. The number of carbonyl (C=O) groups excluding carboxylic acids is 1. The van der Waals surface area contributed by atoms with Crippen molar-refractivity contribution >= 4 is 50.3 Å². The Morgan fingerprint density at radius 2 is 1.88 bits per heavy atom. The highest BCUT2D eigenvalue weighted by Crippen LogP contribution is 2.39. The zero-order valence-corrected chi connectivity index (χ0v) is 23.4.